The number of hydrogen-bond acceptors (Lipinski definition) is 3. The summed E-state index contributed by atoms with van der Waals surface area (Å²) in [7, 11) is 3.50. The number of guanidine groups is 1. The highest BCUT2D eigenvalue weighted by atomic mass is 127. The van der Waals surface area contributed by atoms with Crippen LogP contribution in [0.5, 0.6) is 0 Å². The summed E-state index contributed by atoms with van der Waals surface area (Å²) in [5.41, 5.74) is 0. The number of nitrogens with one attached hydrogen (secondary N) is 2. The molecule has 5 nitrogen and oxygen atoms in total. The molecule has 7 heteroatoms. The largest absolute Gasteiger partial charge is 0.356 e. The predicted octanol–water partition coefficient (Wildman–Crippen LogP) is 2.81. The van der Waals surface area contributed by atoms with E-state index >= 15 is 0 Å². The van der Waals surface area contributed by atoms with Crippen LogP contribution >= 0.6 is 35.7 Å². The highest BCUT2D eigenvalue weighted by Crippen LogP contribution is 2.03. The van der Waals surface area contributed by atoms with Gasteiger partial charge in [0.05, 0.1) is 0 Å². The quantitative estimate of drug-likeness (QED) is 0.216. The molecule has 0 aromatic carbocycles. The number of carbonyl (C=O) groups is 1. The van der Waals surface area contributed by atoms with E-state index in [2.05, 4.69) is 35.7 Å². The summed E-state index contributed by atoms with van der Waals surface area (Å²) in [6.07, 6.45) is 7.11. The van der Waals surface area contributed by atoms with Crippen molar-refractivity contribution < 1.29 is 4.79 Å². The molecule has 0 aromatic rings. The smallest absolute Gasteiger partial charge is 0.243 e. The Kier molecular flexibility index (Phi) is 18.2. The number of carbonyl (C=O) groups excluding carboxylic acids is 1. The van der Waals surface area contributed by atoms with Gasteiger partial charge in [0.2, 0.25) is 5.91 Å². The highest BCUT2D eigenvalue weighted by Gasteiger charge is 2.04. The summed E-state index contributed by atoms with van der Waals surface area (Å²) in [5.74, 6) is 2.56. The van der Waals surface area contributed by atoms with Gasteiger partial charge in [-0.15, -0.1) is 24.0 Å². The number of hydrogen-bond donors (Lipinski definition) is 2. The van der Waals surface area contributed by atoms with Gasteiger partial charge in [-0.3, -0.25) is 4.79 Å². The number of thioether (sulfide) groups is 1. The van der Waals surface area contributed by atoms with Gasteiger partial charge in [-0.05, 0) is 30.8 Å². The second-order valence-electron chi connectivity index (χ2n) is 6.06. The van der Waals surface area contributed by atoms with E-state index in [1.165, 1.54) is 25.0 Å². The van der Waals surface area contributed by atoms with Crippen LogP contribution in [0.4, 0.5) is 0 Å². The molecular weight excluding hydrogens is 423 g/mol. The van der Waals surface area contributed by atoms with E-state index in [4.69, 9.17) is 0 Å². The van der Waals surface area contributed by atoms with Crippen LogP contribution < -0.4 is 10.6 Å². The van der Waals surface area contributed by atoms with Gasteiger partial charge in [0.1, 0.15) is 6.54 Å². The Bertz CT molecular complexity index is 325. The molecule has 0 aliphatic rings. The molecule has 0 heterocycles. The molecule has 0 radical (unpaired) electrons. The van der Waals surface area contributed by atoms with Gasteiger partial charge in [0.25, 0.3) is 0 Å². The van der Waals surface area contributed by atoms with Crippen LogP contribution in [0, 0.1) is 5.92 Å². The van der Waals surface area contributed by atoms with Crippen LogP contribution in [0.1, 0.15) is 39.5 Å². The molecule has 23 heavy (non-hydrogen) atoms. The zero-order valence-electron chi connectivity index (χ0n) is 15.4. The van der Waals surface area contributed by atoms with Crippen LogP contribution in [0.25, 0.3) is 0 Å². The molecule has 0 unspecified atom stereocenters. The molecule has 138 valence electrons. The first kappa shape index (κ1) is 25.1. The van der Waals surface area contributed by atoms with Crippen molar-refractivity contribution in [2.24, 2.45) is 10.9 Å². The number of amides is 1. The molecule has 0 bridgehead atoms. The molecule has 2 N–H and O–H groups in total. The van der Waals surface area contributed by atoms with Crippen molar-refractivity contribution in [1.82, 2.24) is 15.5 Å². The van der Waals surface area contributed by atoms with Crippen LogP contribution in [0.3, 0.4) is 0 Å². The van der Waals surface area contributed by atoms with Gasteiger partial charge < -0.3 is 15.5 Å². The minimum Gasteiger partial charge on any atom is -0.356 e. The third-order valence-corrected chi connectivity index (χ3v) is 3.81. The maximum atomic E-state index is 11.6. The summed E-state index contributed by atoms with van der Waals surface area (Å²) in [4.78, 5) is 17.6. The Morgan fingerprint density at radius 1 is 1.13 bits per heavy atom. The normalized spacial score (nSPS) is 11.1. The number of unbranched alkanes of at least 4 members (excludes halogenated alkanes) is 3. The fourth-order valence-corrected chi connectivity index (χ4v) is 2.19. The lowest BCUT2D eigenvalue weighted by molar-refractivity contribution is -0.127. The number of nitrogens with zero attached hydrogens (tertiary/aromatic N) is 2. The van der Waals surface area contributed by atoms with Crippen molar-refractivity contribution >= 4 is 47.6 Å². The monoisotopic (exact) mass is 458 g/mol. The van der Waals surface area contributed by atoms with Gasteiger partial charge >= 0.3 is 0 Å². The SMILES string of the molecule is CSCCCCCCNC(=NCC(=O)N(C)C)NCC(C)C.I. The van der Waals surface area contributed by atoms with Gasteiger partial charge in [0, 0.05) is 27.2 Å². The standard InChI is InChI=1S/C16H34N4OS.HI/c1-14(2)12-18-16(19-13-15(21)20(3)4)17-10-8-6-7-9-11-22-5;/h14H,6-13H2,1-5H3,(H2,17,18,19);1H. The van der Waals surface area contributed by atoms with Crippen LogP contribution in [-0.2, 0) is 4.79 Å². The molecular formula is C16H35IN4OS. The number of likely N-dealkylation sites (N-methyl/N-ethyl adjacent to an activating group) is 1. The fourth-order valence-electron chi connectivity index (χ4n) is 1.69. The van der Waals surface area contributed by atoms with Gasteiger partial charge in [-0.25, -0.2) is 4.99 Å². The van der Waals surface area contributed by atoms with E-state index in [0.717, 1.165) is 25.5 Å². The van der Waals surface area contributed by atoms with Gasteiger partial charge in [-0.2, -0.15) is 11.8 Å². The molecule has 0 aliphatic heterocycles. The lowest BCUT2D eigenvalue weighted by Crippen LogP contribution is -2.40. The number of aliphatic imine (C=N–C) groups is 1. The van der Waals surface area contributed by atoms with Crippen molar-refractivity contribution in [3.8, 4) is 0 Å². The first-order valence-corrected chi connectivity index (χ1v) is 9.58. The first-order valence-electron chi connectivity index (χ1n) is 8.18. The van der Waals surface area contributed by atoms with Crippen molar-refractivity contribution in [3.63, 3.8) is 0 Å². The lowest BCUT2D eigenvalue weighted by atomic mass is 10.2. The molecule has 0 atom stereocenters. The molecule has 0 aromatic heterocycles. The maximum Gasteiger partial charge on any atom is 0.243 e. The summed E-state index contributed by atoms with van der Waals surface area (Å²) in [5, 5.41) is 6.61. The molecule has 1 amide bonds. The van der Waals surface area contributed by atoms with Crippen molar-refractivity contribution in [3.05, 3.63) is 0 Å². The number of rotatable bonds is 11. The summed E-state index contributed by atoms with van der Waals surface area (Å²) in [6.45, 7) is 6.26. The summed E-state index contributed by atoms with van der Waals surface area (Å²) >= 11 is 1.91. The minimum absolute atomic E-state index is 0. The van der Waals surface area contributed by atoms with E-state index in [1.807, 2.05) is 11.8 Å². The van der Waals surface area contributed by atoms with E-state index in [1.54, 1.807) is 19.0 Å². The van der Waals surface area contributed by atoms with Crippen molar-refractivity contribution in [1.29, 1.82) is 0 Å². The first-order chi connectivity index (χ1) is 10.5. The Morgan fingerprint density at radius 3 is 2.35 bits per heavy atom. The zero-order valence-corrected chi connectivity index (χ0v) is 18.5. The number of halogens is 1. The molecule has 0 saturated carbocycles. The fraction of sp³-hybridized carbons (Fsp3) is 0.875. The second kappa shape index (κ2) is 16.7. The van der Waals surface area contributed by atoms with Crippen LogP contribution in [-0.4, -0.2) is 62.5 Å². The summed E-state index contributed by atoms with van der Waals surface area (Å²) < 4.78 is 0. The lowest BCUT2D eigenvalue weighted by Gasteiger charge is -2.15. The highest BCUT2D eigenvalue weighted by molar-refractivity contribution is 14.0. The van der Waals surface area contributed by atoms with E-state index < -0.39 is 0 Å². The van der Waals surface area contributed by atoms with Crippen LogP contribution in [0.2, 0.25) is 0 Å². The Hall–Kier alpha value is -0.180. The van der Waals surface area contributed by atoms with Crippen molar-refractivity contribution in [2.45, 2.75) is 39.5 Å². The van der Waals surface area contributed by atoms with Crippen LogP contribution in [0.15, 0.2) is 4.99 Å². The molecule has 0 saturated heterocycles. The maximum absolute atomic E-state index is 11.6. The predicted molar refractivity (Wildman–Crippen MR) is 114 cm³/mol. The van der Waals surface area contributed by atoms with E-state index in [0.29, 0.717) is 5.92 Å². The minimum atomic E-state index is 0. The Balaban J connectivity index is 0. The molecule has 0 rings (SSSR count). The average molecular weight is 458 g/mol. The zero-order chi connectivity index (χ0) is 16.8. The molecule has 0 fully saturated rings. The third-order valence-electron chi connectivity index (χ3n) is 3.12. The topological polar surface area (TPSA) is 56.7 Å². The molecule has 0 spiro atoms. The average Bonchev–Trinajstić information content (AvgIpc) is 2.47. The summed E-state index contributed by atoms with van der Waals surface area (Å²) in [6, 6.07) is 0. The molecule has 0 aliphatic carbocycles. The second-order valence-corrected chi connectivity index (χ2v) is 7.05. The van der Waals surface area contributed by atoms with Gasteiger partial charge in [-0.1, -0.05) is 26.7 Å². The van der Waals surface area contributed by atoms with Gasteiger partial charge in [0.15, 0.2) is 5.96 Å². The Labute approximate surface area is 163 Å². The Morgan fingerprint density at radius 2 is 1.78 bits per heavy atom. The third kappa shape index (κ3) is 16.5. The van der Waals surface area contributed by atoms with E-state index in [9.17, 15) is 4.79 Å². The van der Waals surface area contributed by atoms with Crippen molar-refractivity contribution in [2.75, 3.05) is 45.7 Å². The van der Waals surface area contributed by atoms with E-state index in [-0.39, 0.29) is 36.4 Å².